The van der Waals surface area contributed by atoms with Crippen LogP contribution in [0.3, 0.4) is 0 Å². The van der Waals surface area contributed by atoms with Gasteiger partial charge in [-0.15, -0.1) is 0 Å². The van der Waals surface area contributed by atoms with E-state index >= 15 is 0 Å². The molecule has 104 valence electrons. The molecule has 0 aliphatic rings. The Morgan fingerprint density at radius 3 is 2.50 bits per heavy atom. The highest BCUT2D eigenvalue weighted by molar-refractivity contribution is 6.20. The summed E-state index contributed by atoms with van der Waals surface area (Å²) in [6.07, 6.45) is 2.95. The number of ether oxygens (including phenoxy) is 2. The zero-order valence-electron chi connectivity index (χ0n) is 11.1. The molecule has 2 aromatic rings. The van der Waals surface area contributed by atoms with E-state index in [0.717, 1.165) is 0 Å². The van der Waals surface area contributed by atoms with Crippen LogP contribution >= 0.6 is 0 Å². The van der Waals surface area contributed by atoms with E-state index in [1.807, 2.05) is 0 Å². The van der Waals surface area contributed by atoms with Gasteiger partial charge in [-0.2, -0.15) is 0 Å². The minimum absolute atomic E-state index is 0.112. The lowest BCUT2D eigenvalue weighted by Crippen LogP contribution is -2.00. The molecule has 0 atom stereocenters. The fourth-order valence-corrected chi connectivity index (χ4v) is 1.79. The molecule has 1 heterocycles. The number of carboxylic acid groups (broad SMARTS) is 1. The number of hydrogen-bond donors (Lipinski definition) is 1. The van der Waals surface area contributed by atoms with Crippen LogP contribution in [0.15, 0.2) is 41.0 Å². The van der Waals surface area contributed by atoms with Gasteiger partial charge in [-0.25, -0.2) is 4.79 Å². The number of hydrogen-bond acceptors (Lipinski definition) is 4. The Bertz CT molecular complexity index is 626. The zero-order valence-corrected chi connectivity index (χ0v) is 11.1. The first-order valence-corrected chi connectivity index (χ1v) is 5.86. The van der Waals surface area contributed by atoms with Crippen LogP contribution < -0.4 is 9.47 Å². The molecule has 20 heavy (non-hydrogen) atoms. The number of benzene rings is 1. The summed E-state index contributed by atoms with van der Waals surface area (Å²) >= 11 is 0. The molecule has 0 aliphatic carbocycles. The van der Waals surface area contributed by atoms with E-state index in [9.17, 15) is 9.90 Å². The molecular formula is C15H14O5. The summed E-state index contributed by atoms with van der Waals surface area (Å²) < 4.78 is 15.4. The summed E-state index contributed by atoms with van der Waals surface area (Å²) in [6.45, 7) is 0. The van der Waals surface area contributed by atoms with Gasteiger partial charge in [-0.1, -0.05) is 6.07 Å². The largest absolute Gasteiger partial charge is 0.493 e. The highest BCUT2D eigenvalue weighted by Crippen LogP contribution is 2.31. The molecule has 0 bridgehead atoms. The van der Waals surface area contributed by atoms with Crippen molar-refractivity contribution in [3.05, 3.63) is 47.9 Å². The molecule has 0 unspecified atom stereocenters. The molecule has 0 aliphatic heterocycles. The Morgan fingerprint density at radius 2 is 1.95 bits per heavy atom. The van der Waals surface area contributed by atoms with Crippen molar-refractivity contribution in [1.82, 2.24) is 0 Å². The second-order valence-corrected chi connectivity index (χ2v) is 3.95. The molecule has 1 N–H and O–H groups in total. The predicted molar refractivity (Wildman–Crippen MR) is 73.8 cm³/mol. The molecule has 2 rings (SSSR count). The van der Waals surface area contributed by atoms with Crippen molar-refractivity contribution >= 4 is 17.6 Å². The van der Waals surface area contributed by atoms with Gasteiger partial charge in [0.05, 0.1) is 26.1 Å². The average Bonchev–Trinajstić information content (AvgIpc) is 2.96. The van der Waals surface area contributed by atoms with Crippen LogP contribution in [0.4, 0.5) is 0 Å². The molecule has 0 fully saturated rings. The monoisotopic (exact) mass is 274 g/mol. The van der Waals surface area contributed by atoms with Crippen LogP contribution in [0.5, 0.6) is 11.5 Å². The Morgan fingerprint density at radius 1 is 1.20 bits per heavy atom. The Kier molecular flexibility index (Phi) is 4.10. The molecule has 0 radical (unpaired) electrons. The van der Waals surface area contributed by atoms with E-state index in [2.05, 4.69) is 0 Å². The smallest absolute Gasteiger partial charge is 0.336 e. The lowest BCUT2D eigenvalue weighted by atomic mass is 10.0. The quantitative estimate of drug-likeness (QED) is 0.849. The average molecular weight is 274 g/mol. The molecule has 5 nitrogen and oxygen atoms in total. The van der Waals surface area contributed by atoms with Crippen molar-refractivity contribution in [2.75, 3.05) is 14.2 Å². The van der Waals surface area contributed by atoms with Gasteiger partial charge in [-0.3, -0.25) is 0 Å². The number of carboxylic acids is 1. The van der Waals surface area contributed by atoms with Crippen LogP contribution in [0.1, 0.15) is 11.3 Å². The van der Waals surface area contributed by atoms with E-state index in [4.69, 9.17) is 13.9 Å². The van der Waals surface area contributed by atoms with Crippen molar-refractivity contribution in [3.63, 3.8) is 0 Å². The maximum atomic E-state index is 11.4. The number of methoxy groups -OCH3 is 2. The highest BCUT2D eigenvalue weighted by atomic mass is 16.5. The third-order valence-electron chi connectivity index (χ3n) is 2.75. The third-order valence-corrected chi connectivity index (χ3v) is 2.75. The van der Waals surface area contributed by atoms with Gasteiger partial charge in [0.2, 0.25) is 0 Å². The molecular weight excluding hydrogens is 260 g/mol. The summed E-state index contributed by atoms with van der Waals surface area (Å²) in [5.41, 5.74) is 0.618. The topological polar surface area (TPSA) is 68.9 Å². The van der Waals surface area contributed by atoms with Crippen LogP contribution in [-0.2, 0) is 4.79 Å². The van der Waals surface area contributed by atoms with E-state index in [0.29, 0.717) is 22.8 Å². The number of rotatable bonds is 5. The second-order valence-electron chi connectivity index (χ2n) is 3.95. The summed E-state index contributed by atoms with van der Waals surface area (Å²) in [6, 6.07) is 8.31. The van der Waals surface area contributed by atoms with E-state index in [1.165, 1.54) is 26.6 Å². The second kappa shape index (κ2) is 5.97. The molecule has 0 saturated heterocycles. The van der Waals surface area contributed by atoms with Crippen LogP contribution in [0, 0.1) is 0 Å². The third kappa shape index (κ3) is 2.83. The van der Waals surface area contributed by atoms with Crippen LogP contribution in [-0.4, -0.2) is 25.3 Å². The van der Waals surface area contributed by atoms with Crippen molar-refractivity contribution < 1.29 is 23.8 Å². The minimum atomic E-state index is -1.05. The number of furan rings is 1. The van der Waals surface area contributed by atoms with Gasteiger partial charge >= 0.3 is 5.97 Å². The fourth-order valence-electron chi connectivity index (χ4n) is 1.79. The fraction of sp³-hybridized carbons (Fsp3) is 0.133. The van der Waals surface area contributed by atoms with Gasteiger partial charge < -0.3 is 19.0 Å². The van der Waals surface area contributed by atoms with Crippen molar-refractivity contribution in [2.45, 2.75) is 0 Å². The lowest BCUT2D eigenvalue weighted by Gasteiger charge is -2.09. The van der Waals surface area contributed by atoms with Crippen LogP contribution in [0.2, 0.25) is 0 Å². The SMILES string of the molecule is COc1ccc(/C(=C/c2ccco2)C(=O)O)cc1OC. The van der Waals surface area contributed by atoms with Gasteiger partial charge in [0.15, 0.2) is 11.5 Å². The van der Waals surface area contributed by atoms with E-state index < -0.39 is 5.97 Å². The Balaban J connectivity index is 2.48. The van der Waals surface area contributed by atoms with Gasteiger partial charge in [-0.05, 0) is 35.9 Å². The van der Waals surface area contributed by atoms with Crippen molar-refractivity contribution in [2.24, 2.45) is 0 Å². The number of carbonyl (C=O) groups is 1. The molecule has 1 aromatic heterocycles. The van der Waals surface area contributed by atoms with Gasteiger partial charge in [0, 0.05) is 0 Å². The summed E-state index contributed by atoms with van der Waals surface area (Å²) in [5.74, 6) is 0.432. The molecule has 0 spiro atoms. The van der Waals surface area contributed by atoms with Crippen LogP contribution in [0.25, 0.3) is 11.6 Å². The zero-order chi connectivity index (χ0) is 14.5. The van der Waals surface area contributed by atoms with E-state index in [1.54, 1.807) is 30.3 Å². The lowest BCUT2D eigenvalue weighted by molar-refractivity contribution is -0.130. The minimum Gasteiger partial charge on any atom is -0.493 e. The van der Waals surface area contributed by atoms with Gasteiger partial charge in [0.25, 0.3) is 0 Å². The summed E-state index contributed by atoms with van der Waals surface area (Å²) in [7, 11) is 3.02. The highest BCUT2D eigenvalue weighted by Gasteiger charge is 2.14. The van der Waals surface area contributed by atoms with E-state index in [-0.39, 0.29) is 5.57 Å². The first-order valence-electron chi connectivity index (χ1n) is 5.86. The van der Waals surface area contributed by atoms with Gasteiger partial charge in [0.1, 0.15) is 5.76 Å². The Hall–Kier alpha value is -2.69. The maximum absolute atomic E-state index is 11.4. The maximum Gasteiger partial charge on any atom is 0.336 e. The van der Waals surface area contributed by atoms with Crippen molar-refractivity contribution in [3.8, 4) is 11.5 Å². The van der Waals surface area contributed by atoms with Crippen molar-refractivity contribution in [1.29, 1.82) is 0 Å². The summed E-state index contributed by atoms with van der Waals surface area (Å²) in [4.78, 5) is 11.4. The first kappa shape index (κ1) is 13.7. The normalized spacial score (nSPS) is 11.2. The molecule has 5 heteroatoms. The Labute approximate surface area is 116 Å². The predicted octanol–water partition coefficient (Wildman–Crippen LogP) is 2.92. The molecule has 0 saturated carbocycles. The number of aliphatic carboxylic acids is 1. The molecule has 1 aromatic carbocycles. The summed E-state index contributed by atoms with van der Waals surface area (Å²) in [5, 5.41) is 9.33. The molecule has 0 amide bonds. The first-order chi connectivity index (χ1) is 9.65. The standard InChI is InChI=1S/C15H14O5/c1-18-13-6-5-10(8-14(13)19-2)12(15(16)17)9-11-4-3-7-20-11/h3-9H,1-2H3,(H,16,17)/b12-9-.